The lowest BCUT2D eigenvalue weighted by molar-refractivity contribution is -0.389. The van der Waals surface area contributed by atoms with E-state index in [2.05, 4.69) is 15.3 Å². The van der Waals surface area contributed by atoms with Gasteiger partial charge in [0.25, 0.3) is 0 Å². The Morgan fingerprint density at radius 3 is 2.61 bits per heavy atom. The standard InChI is InChI=1S/C12H12N4O2/c17-16(18)12-2-1-11(9-15-12)14-8-5-10-3-6-13-7-4-10/h1-4,6-7,9,14H,5,8H2. The van der Waals surface area contributed by atoms with Gasteiger partial charge in [0.05, 0.1) is 5.69 Å². The Morgan fingerprint density at radius 2 is 2.00 bits per heavy atom. The first-order chi connectivity index (χ1) is 8.75. The number of nitrogens with one attached hydrogen (secondary N) is 1. The summed E-state index contributed by atoms with van der Waals surface area (Å²) in [5.74, 6) is -0.144. The second-order valence-electron chi connectivity index (χ2n) is 3.69. The van der Waals surface area contributed by atoms with Crippen LogP contribution in [0.3, 0.4) is 0 Å². The van der Waals surface area contributed by atoms with Crippen LogP contribution >= 0.6 is 0 Å². The minimum atomic E-state index is -0.513. The molecule has 0 fully saturated rings. The number of pyridine rings is 2. The van der Waals surface area contributed by atoms with Crippen molar-refractivity contribution in [2.45, 2.75) is 6.42 Å². The zero-order valence-corrected chi connectivity index (χ0v) is 9.61. The third-order valence-corrected chi connectivity index (χ3v) is 2.43. The lowest BCUT2D eigenvalue weighted by atomic mass is 10.2. The van der Waals surface area contributed by atoms with Crippen molar-refractivity contribution >= 4 is 11.5 Å². The Morgan fingerprint density at radius 1 is 1.22 bits per heavy atom. The summed E-state index contributed by atoms with van der Waals surface area (Å²) in [6.45, 7) is 0.740. The zero-order valence-electron chi connectivity index (χ0n) is 9.61. The third-order valence-electron chi connectivity index (χ3n) is 2.43. The molecule has 2 aromatic rings. The molecule has 92 valence electrons. The van der Waals surface area contributed by atoms with E-state index in [4.69, 9.17) is 0 Å². The summed E-state index contributed by atoms with van der Waals surface area (Å²) in [4.78, 5) is 17.6. The van der Waals surface area contributed by atoms with Crippen molar-refractivity contribution in [2.24, 2.45) is 0 Å². The van der Waals surface area contributed by atoms with E-state index >= 15 is 0 Å². The van der Waals surface area contributed by atoms with Crippen molar-refractivity contribution in [3.63, 3.8) is 0 Å². The van der Waals surface area contributed by atoms with E-state index in [1.165, 1.54) is 17.8 Å². The van der Waals surface area contributed by atoms with Crippen molar-refractivity contribution in [3.05, 3.63) is 58.5 Å². The lowest BCUT2D eigenvalue weighted by Gasteiger charge is -2.04. The highest BCUT2D eigenvalue weighted by atomic mass is 16.6. The first-order valence-electron chi connectivity index (χ1n) is 5.49. The molecule has 0 unspecified atom stereocenters. The Hall–Kier alpha value is -2.50. The highest BCUT2D eigenvalue weighted by molar-refractivity contribution is 5.43. The fraction of sp³-hybridized carbons (Fsp3) is 0.167. The van der Waals surface area contributed by atoms with E-state index in [1.54, 1.807) is 18.5 Å². The molecule has 0 amide bonds. The summed E-state index contributed by atoms with van der Waals surface area (Å²) in [5, 5.41) is 13.6. The normalized spacial score (nSPS) is 10.0. The molecule has 0 atom stereocenters. The average molecular weight is 244 g/mol. The van der Waals surface area contributed by atoms with E-state index < -0.39 is 4.92 Å². The first kappa shape index (κ1) is 12.0. The predicted molar refractivity (Wildman–Crippen MR) is 67.3 cm³/mol. The van der Waals surface area contributed by atoms with Crippen LogP contribution in [0.4, 0.5) is 11.5 Å². The molecule has 6 nitrogen and oxygen atoms in total. The lowest BCUT2D eigenvalue weighted by Crippen LogP contribution is -2.05. The summed E-state index contributed by atoms with van der Waals surface area (Å²) in [5.41, 5.74) is 1.96. The summed E-state index contributed by atoms with van der Waals surface area (Å²) in [6, 6.07) is 6.94. The van der Waals surface area contributed by atoms with Crippen LogP contribution in [0.1, 0.15) is 5.56 Å². The Labute approximate surface area is 104 Å². The molecule has 1 N–H and O–H groups in total. The zero-order chi connectivity index (χ0) is 12.8. The highest BCUT2D eigenvalue weighted by Gasteiger charge is 2.05. The maximum Gasteiger partial charge on any atom is 0.363 e. The molecule has 18 heavy (non-hydrogen) atoms. The first-order valence-corrected chi connectivity index (χ1v) is 5.49. The van der Waals surface area contributed by atoms with Crippen LogP contribution in [0, 0.1) is 10.1 Å². The summed E-state index contributed by atoms with van der Waals surface area (Å²) in [6.07, 6.45) is 5.83. The van der Waals surface area contributed by atoms with Gasteiger partial charge in [-0.1, -0.05) is 0 Å². The van der Waals surface area contributed by atoms with Crippen LogP contribution < -0.4 is 5.32 Å². The summed E-state index contributed by atoms with van der Waals surface area (Å²) in [7, 11) is 0. The molecule has 6 heteroatoms. The van der Waals surface area contributed by atoms with Gasteiger partial charge in [0.2, 0.25) is 0 Å². The Bertz CT molecular complexity index is 513. The van der Waals surface area contributed by atoms with E-state index in [-0.39, 0.29) is 5.82 Å². The summed E-state index contributed by atoms with van der Waals surface area (Å²) < 4.78 is 0. The maximum absolute atomic E-state index is 10.4. The van der Waals surface area contributed by atoms with Gasteiger partial charge in [0.15, 0.2) is 6.20 Å². The van der Waals surface area contributed by atoms with Gasteiger partial charge in [-0.25, -0.2) is 0 Å². The monoisotopic (exact) mass is 244 g/mol. The Balaban J connectivity index is 1.85. The van der Waals surface area contributed by atoms with Crippen molar-refractivity contribution in [1.82, 2.24) is 9.97 Å². The van der Waals surface area contributed by atoms with Gasteiger partial charge < -0.3 is 15.4 Å². The molecule has 0 radical (unpaired) electrons. The van der Waals surface area contributed by atoms with Gasteiger partial charge in [-0.15, -0.1) is 0 Å². The molecule has 2 aromatic heterocycles. The van der Waals surface area contributed by atoms with Crippen molar-refractivity contribution in [2.75, 3.05) is 11.9 Å². The summed E-state index contributed by atoms with van der Waals surface area (Å²) >= 11 is 0. The fourth-order valence-electron chi connectivity index (χ4n) is 1.50. The van der Waals surface area contributed by atoms with Crippen LogP contribution in [0.25, 0.3) is 0 Å². The quantitative estimate of drug-likeness (QED) is 0.643. The molecule has 0 saturated heterocycles. The molecule has 0 aromatic carbocycles. The Kier molecular flexibility index (Phi) is 3.80. The largest absolute Gasteiger partial charge is 0.382 e. The number of rotatable bonds is 5. The number of anilines is 1. The second kappa shape index (κ2) is 5.72. The topological polar surface area (TPSA) is 81.0 Å². The van der Waals surface area contributed by atoms with Crippen LogP contribution in [0.5, 0.6) is 0 Å². The average Bonchev–Trinajstić information content (AvgIpc) is 2.40. The molecule has 0 bridgehead atoms. The highest BCUT2D eigenvalue weighted by Crippen LogP contribution is 2.11. The van der Waals surface area contributed by atoms with Gasteiger partial charge in [0.1, 0.15) is 0 Å². The minimum Gasteiger partial charge on any atom is -0.382 e. The second-order valence-corrected chi connectivity index (χ2v) is 3.69. The molecule has 0 aliphatic heterocycles. The van der Waals surface area contributed by atoms with E-state index in [1.807, 2.05) is 12.1 Å². The smallest absolute Gasteiger partial charge is 0.363 e. The van der Waals surface area contributed by atoms with Gasteiger partial charge in [-0.2, -0.15) is 0 Å². The fourth-order valence-corrected chi connectivity index (χ4v) is 1.50. The van der Waals surface area contributed by atoms with Crippen LogP contribution in [-0.2, 0) is 6.42 Å². The van der Waals surface area contributed by atoms with Crippen molar-refractivity contribution < 1.29 is 4.92 Å². The molecule has 0 aliphatic carbocycles. The number of hydrogen-bond acceptors (Lipinski definition) is 5. The van der Waals surface area contributed by atoms with Crippen LogP contribution in [0.2, 0.25) is 0 Å². The van der Waals surface area contributed by atoms with Crippen molar-refractivity contribution in [1.29, 1.82) is 0 Å². The van der Waals surface area contributed by atoms with E-state index in [0.717, 1.165) is 18.7 Å². The van der Waals surface area contributed by atoms with E-state index in [0.29, 0.717) is 0 Å². The maximum atomic E-state index is 10.4. The van der Waals surface area contributed by atoms with Gasteiger partial charge in [0, 0.05) is 25.0 Å². The van der Waals surface area contributed by atoms with Gasteiger partial charge >= 0.3 is 5.82 Å². The van der Waals surface area contributed by atoms with Gasteiger partial charge in [-0.3, -0.25) is 4.98 Å². The van der Waals surface area contributed by atoms with Crippen LogP contribution in [-0.4, -0.2) is 21.4 Å². The molecule has 0 aliphatic rings. The minimum absolute atomic E-state index is 0.144. The number of aromatic nitrogens is 2. The number of nitro groups is 1. The predicted octanol–water partition coefficient (Wildman–Crippen LogP) is 2.04. The molecule has 0 saturated carbocycles. The molecular formula is C12H12N4O2. The van der Waals surface area contributed by atoms with Crippen molar-refractivity contribution in [3.8, 4) is 0 Å². The third kappa shape index (κ3) is 3.24. The molecule has 0 spiro atoms. The SMILES string of the molecule is O=[N+]([O-])c1ccc(NCCc2ccncc2)cn1. The number of nitrogens with zero attached hydrogens (tertiary/aromatic N) is 3. The van der Waals surface area contributed by atoms with Gasteiger partial charge in [-0.05, 0) is 40.1 Å². The molecule has 2 heterocycles. The number of hydrogen-bond donors (Lipinski definition) is 1. The van der Waals surface area contributed by atoms with E-state index in [9.17, 15) is 10.1 Å². The van der Waals surface area contributed by atoms with Crippen LogP contribution in [0.15, 0.2) is 42.9 Å². The molecule has 2 rings (SSSR count). The molecular weight excluding hydrogens is 232 g/mol.